The van der Waals surface area contributed by atoms with Crippen LogP contribution in [0.4, 0.5) is 0 Å². The predicted octanol–water partition coefficient (Wildman–Crippen LogP) is 4.81. The van der Waals surface area contributed by atoms with Gasteiger partial charge in [0.1, 0.15) is 0 Å². The van der Waals surface area contributed by atoms with Gasteiger partial charge < -0.3 is 0 Å². The highest BCUT2D eigenvalue weighted by molar-refractivity contribution is 8.12. The molecule has 0 unspecified atom stereocenters. The molecular weight excluding hydrogens is 228 g/mol. The molecule has 0 heterocycles. The summed E-state index contributed by atoms with van der Waals surface area (Å²) in [6.45, 7) is 2.21. The van der Waals surface area contributed by atoms with Crippen LogP contribution in [0.1, 0.15) is 51.0 Å². The largest absolute Gasteiger partial charge is 0.287 e. The molecule has 1 nitrogen and oxygen atoms in total. The monoisotopic (exact) mass is 250 g/mol. The van der Waals surface area contributed by atoms with Gasteiger partial charge in [-0.2, -0.15) is 0 Å². The highest BCUT2D eigenvalue weighted by Gasteiger charge is 2.02. The second-order valence-corrected chi connectivity index (χ2v) is 5.34. The molecule has 0 spiro atoms. The molecule has 2 heteroatoms. The van der Waals surface area contributed by atoms with Crippen molar-refractivity contribution in [3.05, 3.63) is 35.9 Å². The molecule has 0 fully saturated rings. The quantitative estimate of drug-likeness (QED) is 0.616. The van der Waals surface area contributed by atoms with E-state index < -0.39 is 0 Å². The maximum atomic E-state index is 11.6. The van der Waals surface area contributed by atoms with Crippen LogP contribution in [-0.4, -0.2) is 5.12 Å². The van der Waals surface area contributed by atoms with E-state index in [0.717, 1.165) is 18.6 Å². The van der Waals surface area contributed by atoms with Crippen LogP contribution >= 0.6 is 11.8 Å². The first-order valence-corrected chi connectivity index (χ1v) is 7.51. The SMILES string of the molecule is CCCCCCCC(=O)SCc1ccccc1. The first-order chi connectivity index (χ1) is 8.33. The Kier molecular flexibility index (Phi) is 7.81. The molecule has 94 valence electrons. The highest BCUT2D eigenvalue weighted by atomic mass is 32.2. The number of carbonyl (C=O) groups is 1. The third-order valence-electron chi connectivity index (χ3n) is 2.73. The Labute approximate surface area is 109 Å². The van der Waals surface area contributed by atoms with Gasteiger partial charge in [0.05, 0.1) is 0 Å². The number of thioether (sulfide) groups is 1. The molecule has 0 atom stereocenters. The maximum Gasteiger partial charge on any atom is 0.189 e. The molecule has 0 aliphatic carbocycles. The van der Waals surface area contributed by atoms with E-state index in [1.807, 2.05) is 18.2 Å². The molecule has 0 aliphatic heterocycles. The number of hydrogen-bond acceptors (Lipinski definition) is 2. The molecule has 1 rings (SSSR count). The van der Waals surface area contributed by atoms with Crippen molar-refractivity contribution in [3.8, 4) is 0 Å². The Balaban J connectivity index is 2.05. The van der Waals surface area contributed by atoms with Crippen LogP contribution in [0.15, 0.2) is 30.3 Å². The smallest absolute Gasteiger partial charge is 0.189 e. The molecular formula is C15H22OS. The normalized spacial score (nSPS) is 10.4. The number of rotatable bonds is 8. The molecule has 0 N–H and O–H groups in total. The molecule has 1 aromatic rings. The molecule has 1 aromatic carbocycles. The van der Waals surface area contributed by atoms with Crippen LogP contribution in [0.2, 0.25) is 0 Å². The van der Waals surface area contributed by atoms with Crippen molar-refractivity contribution in [1.29, 1.82) is 0 Å². The van der Waals surface area contributed by atoms with Crippen LogP contribution in [0.3, 0.4) is 0 Å². The second kappa shape index (κ2) is 9.29. The van der Waals surface area contributed by atoms with Crippen LogP contribution in [0.25, 0.3) is 0 Å². The maximum absolute atomic E-state index is 11.6. The van der Waals surface area contributed by atoms with Crippen molar-refractivity contribution >= 4 is 16.9 Å². The average Bonchev–Trinajstić information content (AvgIpc) is 2.37. The Hall–Kier alpha value is -0.760. The fourth-order valence-corrected chi connectivity index (χ4v) is 2.49. The summed E-state index contributed by atoms with van der Waals surface area (Å²) in [5, 5.41) is 0.338. The van der Waals surface area contributed by atoms with E-state index in [1.165, 1.54) is 43.0 Å². The fraction of sp³-hybridized carbons (Fsp3) is 0.533. The molecule has 17 heavy (non-hydrogen) atoms. The third-order valence-corrected chi connectivity index (χ3v) is 3.73. The predicted molar refractivity (Wildman–Crippen MR) is 76.1 cm³/mol. The zero-order valence-electron chi connectivity index (χ0n) is 10.7. The van der Waals surface area contributed by atoms with Gasteiger partial charge in [-0.05, 0) is 12.0 Å². The highest BCUT2D eigenvalue weighted by Crippen LogP contribution is 2.16. The summed E-state index contributed by atoms with van der Waals surface area (Å²) in [7, 11) is 0. The van der Waals surface area contributed by atoms with E-state index in [0.29, 0.717) is 5.12 Å². The first-order valence-electron chi connectivity index (χ1n) is 6.52. The van der Waals surface area contributed by atoms with Gasteiger partial charge in [-0.1, -0.05) is 74.7 Å². The second-order valence-electron chi connectivity index (χ2n) is 4.31. The number of carbonyl (C=O) groups excluding carboxylic acids is 1. The summed E-state index contributed by atoms with van der Waals surface area (Å²) >= 11 is 1.45. The minimum atomic E-state index is 0.338. The van der Waals surface area contributed by atoms with Crippen LogP contribution in [-0.2, 0) is 10.5 Å². The molecule has 0 saturated carbocycles. The van der Waals surface area contributed by atoms with E-state index in [2.05, 4.69) is 19.1 Å². The molecule has 0 bridgehead atoms. The van der Waals surface area contributed by atoms with E-state index >= 15 is 0 Å². The summed E-state index contributed by atoms with van der Waals surface area (Å²) < 4.78 is 0. The van der Waals surface area contributed by atoms with Crippen LogP contribution in [0.5, 0.6) is 0 Å². The van der Waals surface area contributed by atoms with E-state index in [4.69, 9.17) is 0 Å². The lowest BCUT2D eigenvalue weighted by Crippen LogP contribution is -1.93. The van der Waals surface area contributed by atoms with Gasteiger partial charge in [0, 0.05) is 12.2 Å². The van der Waals surface area contributed by atoms with Crippen LogP contribution < -0.4 is 0 Å². The lowest BCUT2D eigenvalue weighted by atomic mass is 10.1. The summed E-state index contributed by atoms with van der Waals surface area (Å²) in [6, 6.07) is 10.2. The number of benzene rings is 1. The van der Waals surface area contributed by atoms with Crippen molar-refractivity contribution in [2.45, 2.75) is 51.2 Å². The van der Waals surface area contributed by atoms with Gasteiger partial charge in [-0.25, -0.2) is 0 Å². The lowest BCUT2D eigenvalue weighted by molar-refractivity contribution is -0.111. The zero-order valence-corrected chi connectivity index (χ0v) is 11.5. The van der Waals surface area contributed by atoms with Crippen molar-refractivity contribution in [1.82, 2.24) is 0 Å². The minimum absolute atomic E-state index is 0.338. The third kappa shape index (κ3) is 7.22. The van der Waals surface area contributed by atoms with Crippen molar-refractivity contribution in [2.24, 2.45) is 0 Å². The molecule has 0 radical (unpaired) electrons. The van der Waals surface area contributed by atoms with Crippen molar-refractivity contribution in [2.75, 3.05) is 0 Å². The molecule has 0 aliphatic rings. The van der Waals surface area contributed by atoms with Gasteiger partial charge in [-0.15, -0.1) is 0 Å². The summed E-state index contributed by atoms with van der Waals surface area (Å²) in [4.78, 5) is 11.6. The van der Waals surface area contributed by atoms with E-state index in [9.17, 15) is 4.79 Å². The van der Waals surface area contributed by atoms with Gasteiger partial charge in [0.25, 0.3) is 0 Å². The molecule has 0 aromatic heterocycles. The average molecular weight is 250 g/mol. The Morgan fingerprint density at radius 3 is 2.47 bits per heavy atom. The molecule has 0 amide bonds. The standard InChI is InChI=1S/C15H22OS/c1-2-3-4-5-9-12-15(16)17-13-14-10-7-6-8-11-14/h6-8,10-11H,2-5,9,12-13H2,1H3. The minimum Gasteiger partial charge on any atom is -0.287 e. The van der Waals surface area contributed by atoms with E-state index in [-0.39, 0.29) is 0 Å². The summed E-state index contributed by atoms with van der Waals surface area (Å²) in [5.74, 6) is 0.814. The topological polar surface area (TPSA) is 17.1 Å². The van der Waals surface area contributed by atoms with Crippen molar-refractivity contribution in [3.63, 3.8) is 0 Å². The summed E-state index contributed by atoms with van der Waals surface area (Å²) in [6.07, 6.45) is 6.82. The first kappa shape index (κ1) is 14.3. The Morgan fingerprint density at radius 1 is 1.06 bits per heavy atom. The molecule has 0 saturated heterocycles. The van der Waals surface area contributed by atoms with E-state index in [1.54, 1.807) is 0 Å². The lowest BCUT2D eigenvalue weighted by Gasteiger charge is -2.01. The van der Waals surface area contributed by atoms with Gasteiger partial charge in [-0.3, -0.25) is 4.79 Å². The van der Waals surface area contributed by atoms with Crippen molar-refractivity contribution < 1.29 is 4.79 Å². The summed E-state index contributed by atoms with van der Waals surface area (Å²) in [5.41, 5.74) is 1.23. The van der Waals surface area contributed by atoms with Gasteiger partial charge in [0.2, 0.25) is 0 Å². The van der Waals surface area contributed by atoms with Gasteiger partial charge >= 0.3 is 0 Å². The number of unbranched alkanes of at least 4 members (excludes halogenated alkanes) is 4. The Bertz CT molecular complexity index is 308. The Morgan fingerprint density at radius 2 is 1.76 bits per heavy atom. The zero-order chi connectivity index (χ0) is 12.3. The number of hydrogen-bond donors (Lipinski definition) is 0. The van der Waals surface area contributed by atoms with Gasteiger partial charge in [0.15, 0.2) is 5.12 Å². The fourth-order valence-electron chi connectivity index (χ4n) is 1.68. The van der Waals surface area contributed by atoms with Crippen LogP contribution in [0, 0.1) is 0 Å².